The summed E-state index contributed by atoms with van der Waals surface area (Å²) in [5.41, 5.74) is 1.52. The summed E-state index contributed by atoms with van der Waals surface area (Å²) in [7, 11) is 0. The highest BCUT2D eigenvalue weighted by molar-refractivity contribution is 5.16. The minimum atomic E-state index is 0.900. The lowest BCUT2D eigenvalue weighted by Gasteiger charge is -2.34. The number of nitrogens with zero attached hydrogens (tertiary/aromatic N) is 1. The Kier molecular flexibility index (Phi) is 3.56. The first-order valence-electron chi connectivity index (χ1n) is 8.73. The molecule has 0 aromatic heterocycles. The summed E-state index contributed by atoms with van der Waals surface area (Å²) < 4.78 is 0. The summed E-state index contributed by atoms with van der Waals surface area (Å²) in [5.74, 6) is 2.05. The van der Waals surface area contributed by atoms with E-state index in [1.165, 1.54) is 63.5 Å². The number of rotatable bonds is 2. The molecule has 4 atom stereocenters. The second-order valence-electron chi connectivity index (χ2n) is 7.19. The van der Waals surface area contributed by atoms with Crippen molar-refractivity contribution in [3.63, 3.8) is 0 Å². The molecule has 1 saturated heterocycles. The summed E-state index contributed by atoms with van der Waals surface area (Å²) >= 11 is 0. The molecule has 4 rings (SSSR count). The van der Waals surface area contributed by atoms with Gasteiger partial charge in [-0.25, -0.2) is 0 Å². The number of hydrogen-bond acceptors (Lipinski definition) is 1. The van der Waals surface area contributed by atoms with E-state index in [0.29, 0.717) is 0 Å². The molecule has 0 radical (unpaired) electrons. The van der Waals surface area contributed by atoms with Crippen LogP contribution in [-0.2, 0) is 6.54 Å². The van der Waals surface area contributed by atoms with Crippen molar-refractivity contribution >= 4 is 0 Å². The first-order valence-corrected chi connectivity index (χ1v) is 8.73. The molecule has 2 saturated carbocycles. The molecular formula is C19H27N. The third kappa shape index (κ3) is 2.20. The molecular weight excluding hydrogens is 242 g/mol. The summed E-state index contributed by atoms with van der Waals surface area (Å²) in [5, 5.41) is 0. The molecule has 1 heterocycles. The third-order valence-electron chi connectivity index (χ3n) is 6.17. The van der Waals surface area contributed by atoms with Crippen LogP contribution in [0.25, 0.3) is 0 Å². The van der Waals surface area contributed by atoms with Crippen LogP contribution in [0.2, 0.25) is 0 Å². The van der Waals surface area contributed by atoms with Crippen LogP contribution in [0.15, 0.2) is 30.3 Å². The Morgan fingerprint density at radius 3 is 1.90 bits per heavy atom. The number of fused-ring (bicyclic) bond motifs is 3. The second kappa shape index (κ2) is 5.52. The summed E-state index contributed by atoms with van der Waals surface area (Å²) in [4.78, 5) is 2.92. The fourth-order valence-electron chi connectivity index (χ4n) is 5.38. The molecule has 4 unspecified atom stereocenters. The molecule has 0 spiro atoms. The van der Waals surface area contributed by atoms with Gasteiger partial charge in [0.05, 0.1) is 0 Å². The quantitative estimate of drug-likeness (QED) is 0.757. The van der Waals surface area contributed by atoms with Crippen molar-refractivity contribution in [1.29, 1.82) is 0 Å². The van der Waals surface area contributed by atoms with Gasteiger partial charge in [-0.2, -0.15) is 0 Å². The van der Waals surface area contributed by atoms with Crippen molar-refractivity contribution in [3.8, 4) is 0 Å². The smallest absolute Gasteiger partial charge is 0.0239 e. The van der Waals surface area contributed by atoms with Crippen molar-refractivity contribution in [2.45, 2.75) is 70.0 Å². The van der Waals surface area contributed by atoms with Crippen LogP contribution in [0, 0.1) is 11.8 Å². The molecule has 108 valence electrons. The van der Waals surface area contributed by atoms with Crippen LogP contribution in [0.3, 0.4) is 0 Å². The van der Waals surface area contributed by atoms with Gasteiger partial charge in [-0.3, -0.25) is 4.90 Å². The monoisotopic (exact) mass is 269 g/mol. The second-order valence-corrected chi connectivity index (χ2v) is 7.19. The van der Waals surface area contributed by atoms with Gasteiger partial charge in [0.25, 0.3) is 0 Å². The highest BCUT2D eigenvalue weighted by atomic mass is 15.2. The van der Waals surface area contributed by atoms with E-state index in [0.717, 1.165) is 23.9 Å². The van der Waals surface area contributed by atoms with Gasteiger partial charge in [-0.05, 0) is 43.1 Å². The molecule has 1 heteroatoms. The van der Waals surface area contributed by atoms with Crippen LogP contribution < -0.4 is 0 Å². The van der Waals surface area contributed by atoms with Crippen LogP contribution in [0.5, 0.6) is 0 Å². The fourth-order valence-corrected chi connectivity index (χ4v) is 5.38. The van der Waals surface area contributed by atoms with E-state index < -0.39 is 0 Å². The Balaban J connectivity index is 1.59. The SMILES string of the molecule is c1ccc(CN2C3CCCCC3C3CCCCC32)cc1. The molecule has 2 aliphatic carbocycles. The molecule has 1 aromatic rings. The molecule has 0 amide bonds. The average molecular weight is 269 g/mol. The number of benzene rings is 1. The molecule has 3 aliphatic rings. The Morgan fingerprint density at radius 1 is 0.750 bits per heavy atom. The van der Waals surface area contributed by atoms with Crippen molar-refractivity contribution < 1.29 is 0 Å². The lowest BCUT2D eigenvalue weighted by Crippen LogP contribution is -2.39. The highest BCUT2D eigenvalue weighted by Gasteiger charge is 2.49. The maximum atomic E-state index is 2.92. The Bertz CT molecular complexity index is 418. The van der Waals surface area contributed by atoms with Crippen molar-refractivity contribution in [2.75, 3.05) is 0 Å². The standard InChI is InChI=1S/C19H27N/c1-2-8-15(9-3-1)14-20-18-12-6-4-10-16(18)17-11-5-7-13-19(17)20/h1-3,8-9,16-19H,4-7,10-14H2. The van der Waals surface area contributed by atoms with Gasteiger partial charge in [0.2, 0.25) is 0 Å². The van der Waals surface area contributed by atoms with Crippen molar-refractivity contribution in [1.82, 2.24) is 4.90 Å². The zero-order valence-electron chi connectivity index (χ0n) is 12.5. The van der Waals surface area contributed by atoms with Crippen LogP contribution in [0.4, 0.5) is 0 Å². The summed E-state index contributed by atoms with van der Waals surface area (Å²) in [6.07, 6.45) is 11.9. The Hall–Kier alpha value is -0.820. The van der Waals surface area contributed by atoms with E-state index in [1.54, 1.807) is 0 Å². The van der Waals surface area contributed by atoms with E-state index in [9.17, 15) is 0 Å². The lowest BCUT2D eigenvalue weighted by molar-refractivity contribution is 0.131. The predicted octanol–water partition coefficient (Wildman–Crippen LogP) is 4.62. The van der Waals surface area contributed by atoms with E-state index in [1.807, 2.05) is 0 Å². The molecule has 1 nitrogen and oxygen atoms in total. The first kappa shape index (κ1) is 12.9. The molecule has 0 bridgehead atoms. The minimum Gasteiger partial charge on any atom is -0.293 e. The van der Waals surface area contributed by atoms with Gasteiger partial charge in [0, 0.05) is 18.6 Å². The Labute approximate surface area is 123 Å². The number of likely N-dealkylation sites (tertiary alicyclic amines) is 1. The maximum absolute atomic E-state index is 2.92. The summed E-state index contributed by atoms with van der Waals surface area (Å²) in [6, 6.07) is 13.0. The van der Waals surface area contributed by atoms with E-state index >= 15 is 0 Å². The fraction of sp³-hybridized carbons (Fsp3) is 0.684. The van der Waals surface area contributed by atoms with Crippen LogP contribution in [-0.4, -0.2) is 17.0 Å². The third-order valence-corrected chi connectivity index (χ3v) is 6.17. The van der Waals surface area contributed by atoms with E-state index in [2.05, 4.69) is 35.2 Å². The van der Waals surface area contributed by atoms with Gasteiger partial charge in [-0.1, -0.05) is 56.0 Å². The molecule has 1 aliphatic heterocycles. The van der Waals surface area contributed by atoms with Gasteiger partial charge in [0.1, 0.15) is 0 Å². The van der Waals surface area contributed by atoms with Gasteiger partial charge in [-0.15, -0.1) is 0 Å². The predicted molar refractivity (Wildman–Crippen MR) is 83.5 cm³/mol. The maximum Gasteiger partial charge on any atom is 0.0239 e. The molecule has 1 aromatic carbocycles. The molecule has 3 fully saturated rings. The van der Waals surface area contributed by atoms with Crippen LogP contribution in [0.1, 0.15) is 56.9 Å². The zero-order chi connectivity index (χ0) is 13.4. The average Bonchev–Trinajstić information content (AvgIpc) is 2.84. The molecule has 0 N–H and O–H groups in total. The van der Waals surface area contributed by atoms with Gasteiger partial charge in [0.15, 0.2) is 0 Å². The van der Waals surface area contributed by atoms with E-state index in [-0.39, 0.29) is 0 Å². The normalized spacial score (nSPS) is 37.4. The van der Waals surface area contributed by atoms with Crippen molar-refractivity contribution in [3.05, 3.63) is 35.9 Å². The lowest BCUT2D eigenvalue weighted by atomic mass is 9.73. The van der Waals surface area contributed by atoms with E-state index in [4.69, 9.17) is 0 Å². The van der Waals surface area contributed by atoms with Gasteiger partial charge < -0.3 is 0 Å². The van der Waals surface area contributed by atoms with Crippen LogP contribution >= 0.6 is 0 Å². The minimum absolute atomic E-state index is 0.900. The largest absolute Gasteiger partial charge is 0.293 e. The Morgan fingerprint density at radius 2 is 1.30 bits per heavy atom. The number of hydrogen-bond donors (Lipinski definition) is 0. The zero-order valence-corrected chi connectivity index (χ0v) is 12.5. The first-order chi connectivity index (χ1) is 9.93. The topological polar surface area (TPSA) is 3.24 Å². The van der Waals surface area contributed by atoms with Crippen molar-refractivity contribution in [2.24, 2.45) is 11.8 Å². The summed E-state index contributed by atoms with van der Waals surface area (Å²) in [6.45, 7) is 1.20. The molecule has 20 heavy (non-hydrogen) atoms. The highest BCUT2D eigenvalue weighted by Crippen LogP contribution is 2.49. The van der Waals surface area contributed by atoms with Gasteiger partial charge >= 0.3 is 0 Å².